The summed E-state index contributed by atoms with van der Waals surface area (Å²) < 4.78 is 52.2. The first kappa shape index (κ1) is 20.2. The predicted molar refractivity (Wildman–Crippen MR) is 93.8 cm³/mol. The van der Waals surface area contributed by atoms with Crippen LogP contribution in [0.5, 0.6) is 0 Å². The molecule has 142 valence electrons. The third kappa shape index (κ3) is 5.45. The predicted octanol–water partition coefficient (Wildman–Crippen LogP) is 4.54. The standard InChI is InChI=1S/C19H17F4N3O/c1-3-26(12-18(27)25-11-13-4-6-14(20)7-5-13)15-8-9-17(24-2)16(10-15)19(21,22)23/h4-10H,3,11-12H2,1H3,(H,25,27). The average Bonchev–Trinajstić information content (AvgIpc) is 2.64. The molecule has 0 aliphatic heterocycles. The van der Waals surface area contributed by atoms with Crippen LogP contribution in [-0.2, 0) is 17.5 Å². The normalized spacial score (nSPS) is 11.0. The lowest BCUT2D eigenvalue weighted by atomic mass is 10.1. The number of hydrogen-bond donors (Lipinski definition) is 1. The van der Waals surface area contributed by atoms with Gasteiger partial charge in [0.25, 0.3) is 0 Å². The van der Waals surface area contributed by atoms with E-state index in [9.17, 15) is 22.4 Å². The molecule has 0 aromatic heterocycles. The quantitative estimate of drug-likeness (QED) is 0.591. The van der Waals surface area contributed by atoms with Gasteiger partial charge in [-0.25, -0.2) is 9.24 Å². The minimum Gasteiger partial charge on any atom is -0.363 e. The van der Waals surface area contributed by atoms with Gasteiger partial charge in [-0.1, -0.05) is 18.2 Å². The van der Waals surface area contributed by atoms with E-state index in [1.165, 1.54) is 35.2 Å². The smallest absolute Gasteiger partial charge is 0.363 e. The Morgan fingerprint density at radius 3 is 2.41 bits per heavy atom. The third-order valence-electron chi connectivity index (χ3n) is 3.89. The van der Waals surface area contributed by atoms with Gasteiger partial charge >= 0.3 is 6.18 Å². The summed E-state index contributed by atoms with van der Waals surface area (Å²) in [6.07, 6.45) is -4.65. The Bertz CT molecular complexity index is 842. The summed E-state index contributed by atoms with van der Waals surface area (Å²) in [5.41, 5.74) is -0.606. The number of alkyl halides is 3. The summed E-state index contributed by atoms with van der Waals surface area (Å²) in [7, 11) is 0. The molecular weight excluding hydrogens is 362 g/mol. The van der Waals surface area contributed by atoms with Crippen LogP contribution in [0, 0.1) is 12.4 Å². The molecule has 0 bridgehead atoms. The second-order valence-electron chi connectivity index (χ2n) is 5.73. The van der Waals surface area contributed by atoms with Gasteiger partial charge in [0.15, 0.2) is 5.69 Å². The molecule has 0 aliphatic carbocycles. The Hall–Kier alpha value is -3.08. The fourth-order valence-electron chi connectivity index (χ4n) is 2.46. The zero-order valence-electron chi connectivity index (χ0n) is 14.5. The highest BCUT2D eigenvalue weighted by atomic mass is 19.4. The zero-order chi connectivity index (χ0) is 20.0. The van der Waals surface area contributed by atoms with Gasteiger partial charge in [-0.05, 0) is 36.8 Å². The van der Waals surface area contributed by atoms with Crippen LogP contribution >= 0.6 is 0 Å². The van der Waals surface area contributed by atoms with Crippen LogP contribution in [0.1, 0.15) is 18.1 Å². The molecule has 0 radical (unpaired) electrons. The van der Waals surface area contributed by atoms with E-state index in [1.54, 1.807) is 6.92 Å². The fourth-order valence-corrected chi connectivity index (χ4v) is 2.46. The molecule has 4 nitrogen and oxygen atoms in total. The summed E-state index contributed by atoms with van der Waals surface area (Å²) in [4.78, 5) is 16.5. The van der Waals surface area contributed by atoms with Crippen LogP contribution in [0.25, 0.3) is 4.85 Å². The average molecular weight is 379 g/mol. The molecule has 0 unspecified atom stereocenters. The van der Waals surface area contributed by atoms with E-state index in [0.29, 0.717) is 12.1 Å². The number of nitrogens with one attached hydrogen (secondary N) is 1. The lowest BCUT2D eigenvalue weighted by molar-refractivity contribution is -0.136. The van der Waals surface area contributed by atoms with Gasteiger partial charge in [-0.15, -0.1) is 0 Å². The van der Waals surface area contributed by atoms with Gasteiger partial charge in [0, 0.05) is 18.8 Å². The van der Waals surface area contributed by atoms with E-state index in [1.807, 2.05) is 0 Å². The van der Waals surface area contributed by atoms with Gasteiger partial charge in [0.05, 0.1) is 18.7 Å². The second-order valence-corrected chi connectivity index (χ2v) is 5.73. The highest BCUT2D eigenvalue weighted by molar-refractivity contribution is 5.81. The van der Waals surface area contributed by atoms with Crippen LogP contribution in [0.15, 0.2) is 42.5 Å². The van der Waals surface area contributed by atoms with E-state index < -0.39 is 17.4 Å². The Morgan fingerprint density at radius 1 is 1.19 bits per heavy atom. The number of anilines is 1. The molecule has 2 aromatic carbocycles. The van der Waals surface area contributed by atoms with Crippen LogP contribution in [0.2, 0.25) is 0 Å². The van der Waals surface area contributed by atoms with Crippen molar-refractivity contribution < 1.29 is 22.4 Å². The molecule has 8 heteroatoms. The topological polar surface area (TPSA) is 36.7 Å². The molecule has 0 heterocycles. The van der Waals surface area contributed by atoms with Crippen LogP contribution in [0.4, 0.5) is 28.9 Å². The number of nitrogens with zero attached hydrogens (tertiary/aromatic N) is 2. The maximum atomic E-state index is 13.1. The van der Waals surface area contributed by atoms with Gasteiger partial charge in [0.1, 0.15) is 5.82 Å². The van der Waals surface area contributed by atoms with Crippen molar-refractivity contribution >= 4 is 17.3 Å². The van der Waals surface area contributed by atoms with Crippen molar-refractivity contribution in [1.82, 2.24) is 5.32 Å². The zero-order valence-corrected chi connectivity index (χ0v) is 14.5. The van der Waals surface area contributed by atoms with Gasteiger partial charge < -0.3 is 10.2 Å². The van der Waals surface area contributed by atoms with Crippen LogP contribution in [-0.4, -0.2) is 19.0 Å². The Kier molecular flexibility index (Phi) is 6.40. The summed E-state index contributed by atoms with van der Waals surface area (Å²) in [5, 5.41) is 2.65. The number of carbonyl (C=O) groups excluding carboxylic acids is 1. The molecule has 2 aromatic rings. The fraction of sp³-hybridized carbons (Fsp3) is 0.263. The molecule has 1 N–H and O–H groups in total. The van der Waals surface area contributed by atoms with E-state index in [0.717, 1.165) is 12.1 Å². The summed E-state index contributed by atoms with van der Waals surface area (Å²) in [6, 6.07) is 8.99. The van der Waals surface area contributed by atoms with Crippen molar-refractivity contribution in [3.63, 3.8) is 0 Å². The van der Waals surface area contributed by atoms with Gasteiger partial charge in [0.2, 0.25) is 5.91 Å². The molecule has 0 saturated heterocycles. The number of halogens is 4. The lowest BCUT2D eigenvalue weighted by Gasteiger charge is -2.24. The largest absolute Gasteiger partial charge is 0.407 e. The first-order valence-electron chi connectivity index (χ1n) is 8.09. The van der Waals surface area contributed by atoms with Crippen molar-refractivity contribution in [2.24, 2.45) is 0 Å². The van der Waals surface area contributed by atoms with Crippen LogP contribution in [0.3, 0.4) is 0 Å². The summed E-state index contributed by atoms with van der Waals surface area (Å²) in [6.45, 7) is 8.92. The highest BCUT2D eigenvalue weighted by Crippen LogP contribution is 2.38. The maximum Gasteiger partial charge on any atom is 0.407 e. The minimum absolute atomic E-state index is 0.146. The molecular formula is C19H17F4N3O. The Labute approximate surface area is 154 Å². The molecule has 0 fully saturated rings. The van der Waals surface area contributed by atoms with Crippen molar-refractivity contribution in [2.45, 2.75) is 19.6 Å². The van der Waals surface area contributed by atoms with Crippen molar-refractivity contribution in [3.05, 3.63) is 70.8 Å². The maximum absolute atomic E-state index is 13.1. The van der Waals surface area contributed by atoms with Crippen molar-refractivity contribution in [1.29, 1.82) is 0 Å². The molecule has 0 atom stereocenters. The van der Waals surface area contributed by atoms with Gasteiger partial charge in [-0.3, -0.25) is 4.79 Å². The van der Waals surface area contributed by atoms with Gasteiger partial charge in [-0.2, -0.15) is 13.2 Å². The first-order chi connectivity index (χ1) is 12.7. The van der Waals surface area contributed by atoms with E-state index in [4.69, 9.17) is 6.57 Å². The van der Waals surface area contributed by atoms with Crippen LogP contribution < -0.4 is 10.2 Å². The van der Waals surface area contributed by atoms with E-state index in [2.05, 4.69) is 10.2 Å². The number of hydrogen-bond acceptors (Lipinski definition) is 2. The third-order valence-corrected chi connectivity index (χ3v) is 3.89. The second kappa shape index (κ2) is 8.54. The lowest BCUT2D eigenvalue weighted by Crippen LogP contribution is -2.37. The number of carbonyl (C=O) groups is 1. The van der Waals surface area contributed by atoms with E-state index >= 15 is 0 Å². The molecule has 0 aliphatic rings. The molecule has 0 saturated carbocycles. The first-order valence-corrected chi connectivity index (χ1v) is 8.09. The minimum atomic E-state index is -4.65. The number of likely N-dealkylation sites (N-methyl/N-ethyl adjacent to an activating group) is 1. The number of benzene rings is 2. The highest BCUT2D eigenvalue weighted by Gasteiger charge is 2.34. The Morgan fingerprint density at radius 2 is 1.85 bits per heavy atom. The monoisotopic (exact) mass is 379 g/mol. The van der Waals surface area contributed by atoms with E-state index in [-0.39, 0.29) is 30.5 Å². The Balaban J connectivity index is 2.09. The number of rotatable bonds is 6. The summed E-state index contributed by atoms with van der Waals surface area (Å²) in [5.74, 6) is -0.769. The summed E-state index contributed by atoms with van der Waals surface area (Å²) >= 11 is 0. The molecule has 27 heavy (non-hydrogen) atoms. The van der Waals surface area contributed by atoms with Crippen molar-refractivity contribution in [3.8, 4) is 0 Å². The number of amides is 1. The SMILES string of the molecule is [C-]#[N+]c1ccc(N(CC)CC(=O)NCc2ccc(F)cc2)cc1C(F)(F)F. The molecule has 1 amide bonds. The molecule has 0 spiro atoms. The molecule has 2 rings (SSSR count). The van der Waals surface area contributed by atoms with Crippen molar-refractivity contribution in [2.75, 3.05) is 18.0 Å².